The quantitative estimate of drug-likeness (QED) is 0.671. The third-order valence-electron chi connectivity index (χ3n) is 2.73. The van der Waals surface area contributed by atoms with E-state index in [9.17, 15) is 8.78 Å². The summed E-state index contributed by atoms with van der Waals surface area (Å²) in [7, 11) is 0. The molecule has 4 nitrogen and oxygen atoms in total. The molecule has 1 aromatic rings. The first kappa shape index (κ1) is 18.2. The monoisotopic (exact) mass is 365 g/mol. The Morgan fingerprint density at radius 2 is 2.00 bits per heavy atom. The number of halogens is 3. The lowest BCUT2D eigenvalue weighted by Crippen LogP contribution is -2.13. The van der Waals surface area contributed by atoms with Gasteiger partial charge in [0.1, 0.15) is 18.2 Å². The van der Waals surface area contributed by atoms with Crippen LogP contribution >= 0.6 is 15.9 Å². The van der Waals surface area contributed by atoms with E-state index in [1.54, 1.807) is 0 Å². The number of ether oxygens (including phenoxy) is 1. The van der Waals surface area contributed by atoms with Gasteiger partial charge in [0.2, 0.25) is 0 Å². The molecular weight excluding hydrogens is 344 g/mol. The van der Waals surface area contributed by atoms with Gasteiger partial charge in [0.25, 0.3) is 6.43 Å². The SMILES string of the molecule is CCCNc1nc(CCOCC(F)F)nc(C(C)C)c1Br. The molecule has 0 saturated carbocycles. The molecule has 0 unspecified atom stereocenters. The predicted octanol–water partition coefficient (Wildman–Crippen LogP) is 4.01. The summed E-state index contributed by atoms with van der Waals surface area (Å²) in [6, 6.07) is 0. The summed E-state index contributed by atoms with van der Waals surface area (Å²) >= 11 is 3.53. The second-order valence-corrected chi connectivity index (χ2v) is 5.78. The first-order valence-electron chi connectivity index (χ1n) is 7.11. The van der Waals surface area contributed by atoms with Gasteiger partial charge in [-0.25, -0.2) is 18.7 Å². The van der Waals surface area contributed by atoms with Gasteiger partial charge in [-0.1, -0.05) is 20.8 Å². The van der Waals surface area contributed by atoms with E-state index >= 15 is 0 Å². The van der Waals surface area contributed by atoms with Crippen LogP contribution in [-0.2, 0) is 11.2 Å². The second-order valence-electron chi connectivity index (χ2n) is 4.99. The van der Waals surface area contributed by atoms with E-state index in [0.717, 1.165) is 29.0 Å². The highest BCUT2D eigenvalue weighted by atomic mass is 79.9. The van der Waals surface area contributed by atoms with E-state index in [1.165, 1.54) is 0 Å². The van der Waals surface area contributed by atoms with E-state index < -0.39 is 13.0 Å². The molecule has 0 aliphatic carbocycles. The number of hydrogen-bond donors (Lipinski definition) is 1. The lowest BCUT2D eigenvalue weighted by Gasteiger charge is -2.14. The van der Waals surface area contributed by atoms with Crippen molar-refractivity contribution in [1.29, 1.82) is 0 Å². The van der Waals surface area contributed by atoms with Crippen molar-refractivity contribution < 1.29 is 13.5 Å². The molecule has 1 heterocycles. The Morgan fingerprint density at radius 1 is 1.29 bits per heavy atom. The van der Waals surface area contributed by atoms with E-state index in [-0.39, 0.29) is 12.5 Å². The first-order chi connectivity index (χ1) is 9.95. The summed E-state index contributed by atoms with van der Waals surface area (Å²) in [5.41, 5.74) is 0.910. The molecule has 7 heteroatoms. The smallest absolute Gasteiger partial charge is 0.261 e. The van der Waals surface area contributed by atoms with Crippen molar-refractivity contribution in [2.24, 2.45) is 0 Å². The van der Waals surface area contributed by atoms with Crippen molar-refractivity contribution in [1.82, 2.24) is 9.97 Å². The van der Waals surface area contributed by atoms with Gasteiger partial charge in [-0.2, -0.15) is 0 Å². The molecule has 0 bridgehead atoms. The van der Waals surface area contributed by atoms with E-state index in [0.29, 0.717) is 12.2 Å². The Morgan fingerprint density at radius 3 is 2.57 bits per heavy atom. The molecule has 0 radical (unpaired) electrons. The molecule has 0 aliphatic rings. The summed E-state index contributed by atoms with van der Waals surface area (Å²) in [6.07, 6.45) is -1.04. The Kier molecular flexibility index (Phi) is 8.03. The summed E-state index contributed by atoms with van der Waals surface area (Å²) in [4.78, 5) is 8.92. The van der Waals surface area contributed by atoms with Gasteiger partial charge in [0, 0.05) is 13.0 Å². The van der Waals surface area contributed by atoms with E-state index in [2.05, 4.69) is 38.1 Å². The first-order valence-corrected chi connectivity index (χ1v) is 7.91. The average molecular weight is 366 g/mol. The van der Waals surface area contributed by atoms with Crippen LogP contribution in [0, 0.1) is 0 Å². The highest BCUT2D eigenvalue weighted by Gasteiger charge is 2.14. The number of alkyl halides is 2. The van der Waals surface area contributed by atoms with Crippen LogP contribution < -0.4 is 5.32 Å². The fourth-order valence-corrected chi connectivity index (χ4v) is 2.48. The van der Waals surface area contributed by atoms with Crippen molar-refractivity contribution in [2.45, 2.75) is 46.0 Å². The number of aromatic nitrogens is 2. The Labute approximate surface area is 132 Å². The Bertz CT molecular complexity index is 444. The molecule has 21 heavy (non-hydrogen) atoms. The number of nitrogens with one attached hydrogen (secondary N) is 1. The zero-order chi connectivity index (χ0) is 15.8. The number of nitrogens with zero attached hydrogens (tertiary/aromatic N) is 2. The van der Waals surface area contributed by atoms with Gasteiger partial charge in [0.15, 0.2) is 0 Å². The van der Waals surface area contributed by atoms with Crippen molar-refractivity contribution in [3.63, 3.8) is 0 Å². The summed E-state index contributed by atoms with van der Waals surface area (Å²) in [5.74, 6) is 1.60. The maximum Gasteiger partial charge on any atom is 0.261 e. The molecule has 0 saturated heterocycles. The lowest BCUT2D eigenvalue weighted by molar-refractivity contribution is 0.0183. The van der Waals surface area contributed by atoms with Crippen LogP contribution in [0.2, 0.25) is 0 Å². The maximum atomic E-state index is 12.0. The van der Waals surface area contributed by atoms with Crippen LogP contribution in [-0.4, -0.2) is 36.2 Å². The predicted molar refractivity (Wildman–Crippen MR) is 83.1 cm³/mol. The summed E-state index contributed by atoms with van der Waals surface area (Å²) in [5, 5.41) is 3.25. The Hall–Kier alpha value is -0.820. The minimum absolute atomic E-state index is 0.191. The van der Waals surface area contributed by atoms with Gasteiger partial charge in [0.05, 0.1) is 16.8 Å². The minimum atomic E-state index is -2.44. The van der Waals surface area contributed by atoms with Crippen LogP contribution in [0.25, 0.3) is 0 Å². The molecule has 0 atom stereocenters. The molecule has 120 valence electrons. The fraction of sp³-hybridized carbons (Fsp3) is 0.714. The van der Waals surface area contributed by atoms with Crippen LogP contribution in [0.4, 0.5) is 14.6 Å². The van der Waals surface area contributed by atoms with Crippen molar-refractivity contribution >= 4 is 21.7 Å². The van der Waals surface area contributed by atoms with Crippen LogP contribution in [0.3, 0.4) is 0 Å². The number of anilines is 1. The van der Waals surface area contributed by atoms with E-state index in [1.807, 2.05) is 13.8 Å². The molecule has 0 fully saturated rings. The molecule has 1 rings (SSSR count). The third kappa shape index (κ3) is 6.22. The van der Waals surface area contributed by atoms with Crippen molar-refractivity contribution in [2.75, 3.05) is 25.1 Å². The molecule has 0 aliphatic heterocycles. The summed E-state index contributed by atoms with van der Waals surface area (Å²) in [6.45, 7) is 6.63. The Balaban J connectivity index is 2.80. The van der Waals surface area contributed by atoms with Gasteiger partial charge in [-0.15, -0.1) is 0 Å². The van der Waals surface area contributed by atoms with Crippen molar-refractivity contribution in [3.8, 4) is 0 Å². The molecule has 1 aromatic heterocycles. The van der Waals surface area contributed by atoms with Gasteiger partial charge in [-0.3, -0.25) is 0 Å². The topological polar surface area (TPSA) is 47.0 Å². The average Bonchev–Trinajstić information content (AvgIpc) is 2.42. The zero-order valence-corrected chi connectivity index (χ0v) is 14.2. The largest absolute Gasteiger partial charge is 0.375 e. The highest BCUT2D eigenvalue weighted by Crippen LogP contribution is 2.28. The molecular formula is C14H22BrF2N3O. The van der Waals surface area contributed by atoms with Crippen molar-refractivity contribution in [3.05, 3.63) is 16.0 Å². The number of rotatable bonds is 9. The van der Waals surface area contributed by atoms with Gasteiger partial charge in [-0.05, 0) is 28.3 Å². The van der Waals surface area contributed by atoms with Crippen LogP contribution in [0.1, 0.15) is 44.6 Å². The van der Waals surface area contributed by atoms with Gasteiger partial charge >= 0.3 is 0 Å². The molecule has 1 N–H and O–H groups in total. The standard InChI is InChI=1S/C14H22BrF2N3O/c1-4-6-18-14-12(15)13(9(2)3)19-11(20-14)5-7-21-8-10(16)17/h9-10H,4-8H2,1-3H3,(H,18,19,20). The number of hydrogen-bond acceptors (Lipinski definition) is 4. The zero-order valence-electron chi connectivity index (χ0n) is 12.6. The highest BCUT2D eigenvalue weighted by molar-refractivity contribution is 9.10. The second kappa shape index (κ2) is 9.25. The fourth-order valence-electron chi connectivity index (χ4n) is 1.70. The van der Waals surface area contributed by atoms with Gasteiger partial charge < -0.3 is 10.1 Å². The summed E-state index contributed by atoms with van der Waals surface area (Å²) < 4.78 is 29.8. The maximum absolute atomic E-state index is 12.0. The molecule has 0 spiro atoms. The van der Waals surface area contributed by atoms with E-state index in [4.69, 9.17) is 4.74 Å². The molecule has 0 aromatic carbocycles. The normalized spacial score (nSPS) is 11.4. The van der Waals surface area contributed by atoms with Crippen LogP contribution in [0.15, 0.2) is 4.47 Å². The lowest BCUT2D eigenvalue weighted by atomic mass is 10.1. The van der Waals surface area contributed by atoms with Crippen LogP contribution in [0.5, 0.6) is 0 Å². The minimum Gasteiger partial charge on any atom is -0.375 e. The molecule has 0 amide bonds. The third-order valence-corrected chi connectivity index (χ3v) is 3.51.